The molecule has 2 nitrogen and oxygen atoms in total. The normalized spacial score (nSPS) is 31.0. The number of hydrogen-bond donors (Lipinski definition) is 1. The highest BCUT2D eigenvalue weighted by Gasteiger charge is 2.63. The molecule has 0 saturated heterocycles. The van der Waals surface area contributed by atoms with Crippen LogP contribution in [0.2, 0.25) is 0 Å². The highest BCUT2D eigenvalue weighted by atomic mass is 16.5. The first kappa shape index (κ1) is 16.0. The van der Waals surface area contributed by atoms with Gasteiger partial charge in [-0.05, 0) is 41.5 Å². The van der Waals surface area contributed by atoms with Crippen LogP contribution in [0.3, 0.4) is 0 Å². The van der Waals surface area contributed by atoms with Crippen LogP contribution in [-0.4, -0.2) is 23.3 Å². The fourth-order valence-corrected chi connectivity index (χ4v) is 3.59. The molecule has 1 aliphatic rings. The van der Waals surface area contributed by atoms with Gasteiger partial charge in [-0.1, -0.05) is 27.7 Å². The quantitative estimate of drug-likeness (QED) is 0.805. The Balaban J connectivity index is 2.88. The molecule has 1 N–H and O–H groups in total. The lowest BCUT2D eigenvalue weighted by Gasteiger charge is -2.66. The highest BCUT2D eigenvalue weighted by molar-refractivity contribution is 5.16. The maximum Gasteiger partial charge on any atom is 0.0714 e. The van der Waals surface area contributed by atoms with Crippen LogP contribution in [0.25, 0.3) is 0 Å². The molecule has 1 fully saturated rings. The van der Waals surface area contributed by atoms with Crippen molar-refractivity contribution < 1.29 is 4.74 Å². The molecule has 0 amide bonds. The average molecular weight is 255 g/mol. The van der Waals surface area contributed by atoms with Gasteiger partial charge in [0, 0.05) is 22.4 Å². The first-order valence-electron chi connectivity index (χ1n) is 7.13. The molecule has 0 aromatic carbocycles. The Kier molecular flexibility index (Phi) is 3.74. The third-order valence-corrected chi connectivity index (χ3v) is 3.89. The summed E-state index contributed by atoms with van der Waals surface area (Å²) in [6.07, 6.45) is 0.296. The summed E-state index contributed by atoms with van der Waals surface area (Å²) < 4.78 is 6.31. The Hall–Kier alpha value is -0.0800. The largest absolute Gasteiger partial charge is 0.371 e. The van der Waals surface area contributed by atoms with E-state index in [1.807, 2.05) is 0 Å². The van der Waals surface area contributed by atoms with Gasteiger partial charge in [-0.15, -0.1) is 0 Å². The van der Waals surface area contributed by atoms with E-state index in [-0.39, 0.29) is 22.0 Å². The van der Waals surface area contributed by atoms with Crippen molar-refractivity contribution in [3.05, 3.63) is 0 Å². The van der Waals surface area contributed by atoms with E-state index in [0.717, 1.165) is 0 Å². The zero-order valence-electron chi connectivity index (χ0n) is 14.1. The van der Waals surface area contributed by atoms with Crippen LogP contribution >= 0.6 is 0 Å². The van der Waals surface area contributed by atoms with Crippen molar-refractivity contribution in [2.45, 2.75) is 92.5 Å². The maximum atomic E-state index is 6.31. The molecule has 0 bridgehead atoms. The fraction of sp³-hybridized carbons (Fsp3) is 1.00. The SMILES string of the molecule is CC(C)(C)NC1C(C)(C)C(OC(C)(C)C)C1(C)C. The van der Waals surface area contributed by atoms with E-state index in [0.29, 0.717) is 12.1 Å². The van der Waals surface area contributed by atoms with E-state index in [1.165, 1.54) is 0 Å². The van der Waals surface area contributed by atoms with Crippen molar-refractivity contribution in [2.24, 2.45) is 10.8 Å². The topological polar surface area (TPSA) is 21.3 Å². The summed E-state index contributed by atoms with van der Waals surface area (Å²) in [5.41, 5.74) is 0.409. The molecule has 1 aliphatic carbocycles. The molecule has 0 spiro atoms. The van der Waals surface area contributed by atoms with E-state index in [1.54, 1.807) is 0 Å². The van der Waals surface area contributed by atoms with Crippen molar-refractivity contribution >= 4 is 0 Å². The molecular formula is C16H33NO. The minimum Gasteiger partial charge on any atom is -0.371 e. The standard InChI is InChI=1S/C16H33NO/c1-13(2,3)17-11-15(7,8)12(16(11,9)10)18-14(4,5)6/h11-12,17H,1-10H3. The Bertz CT molecular complexity index is 260. The van der Waals surface area contributed by atoms with E-state index in [9.17, 15) is 0 Å². The van der Waals surface area contributed by atoms with Gasteiger partial charge < -0.3 is 10.1 Å². The van der Waals surface area contributed by atoms with Gasteiger partial charge in [-0.3, -0.25) is 0 Å². The lowest BCUT2D eigenvalue weighted by molar-refractivity contribution is -0.251. The van der Waals surface area contributed by atoms with Crippen LogP contribution in [0.5, 0.6) is 0 Å². The van der Waals surface area contributed by atoms with E-state index < -0.39 is 0 Å². The lowest BCUT2D eigenvalue weighted by atomic mass is 9.49. The van der Waals surface area contributed by atoms with Crippen molar-refractivity contribution in [3.8, 4) is 0 Å². The van der Waals surface area contributed by atoms with Gasteiger partial charge in [0.05, 0.1) is 11.7 Å². The second-order valence-corrected chi connectivity index (χ2v) is 9.08. The number of rotatable bonds is 2. The van der Waals surface area contributed by atoms with E-state index >= 15 is 0 Å². The van der Waals surface area contributed by atoms with E-state index in [4.69, 9.17) is 4.74 Å². The van der Waals surface area contributed by atoms with Crippen LogP contribution in [0, 0.1) is 10.8 Å². The van der Waals surface area contributed by atoms with E-state index in [2.05, 4.69) is 74.6 Å². The van der Waals surface area contributed by atoms with Crippen molar-refractivity contribution in [3.63, 3.8) is 0 Å². The third kappa shape index (κ3) is 3.08. The predicted molar refractivity (Wildman–Crippen MR) is 78.9 cm³/mol. The number of nitrogens with one attached hydrogen (secondary N) is 1. The summed E-state index contributed by atoms with van der Waals surface area (Å²) in [5, 5.41) is 3.77. The Morgan fingerprint density at radius 3 is 1.50 bits per heavy atom. The van der Waals surface area contributed by atoms with Gasteiger partial charge in [0.1, 0.15) is 0 Å². The maximum absolute atomic E-state index is 6.31. The Labute approximate surface area is 114 Å². The van der Waals surface area contributed by atoms with Gasteiger partial charge in [0.2, 0.25) is 0 Å². The molecular weight excluding hydrogens is 222 g/mol. The summed E-state index contributed by atoms with van der Waals surface area (Å²) in [4.78, 5) is 0. The van der Waals surface area contributed by atoms with Crippen LogP contribution < -0.4 is 5.32 Å². The summed E-state index contributed by atoms with van der Waals surface area (Å²) in [7, 11) is 0. The summed E-state index contributed by atoms with van der Waals surface area (Å²) in [5.74, 6) is 0. The molecule has 108 valence electrons. The van der Waals surface area contributed by atoms with Gasteiger partial charge in [0.15, 0.2) is 0 Å². The van der Waals surface area contributed by atoms with Gasteiger partial charge in [-0.25, -0.2) is 0 Å². The first-order chi connectivity index (χ1) is 7.68. The summed E-state index contributed by atoms with van der Waals surface area (Å²) in [6, 6.07) is 0.484. The van der Waals surface area contributed by atoms with Crippen molar-refractivity contribution in [1.82, 2.24) is 5.32 Å². The molecule has 0 aliphatic heterocycles. The monoisotopic (exact) mass is 255 g/mol. The minimum absolute atomic E-state index is 0.0775. The minimum atomic E-state index is -0.0775. The predicted octanol–water partition coefficient (Wildman–Crippen LogP) is 3.99. The second-order valence-electron chi connectivity index (χ2n) is 9.08. The molecule has 1 saturated carbocycles. The molecule has 0 unspecified atom stereocenters. The third-order valence-electron chi connectivity index (χ3n) is 3.89. The zero-order valence-corrected chi connectivity index (χ0v) is 14.1. The van der Waals surface area contributed by atoms with Gasteiger partial charge in [-0.2, -0.15) is 0 Å². The zero-order chi connectivity index (χ0) is 14.6. The molecule has 0 radical (unpaired) electrons. The first-order valence-corrected chi connectivity index (χ1v) is 7.13. The van der Waals surface area contributed by atoms with Crippen molar-refractivity contribution in [1.29, 1.82) is 0 Å². The second kappa shape index (κ2) is 4.21. The molecule has 0 aromatic rings. The highest BCUT2D eigenvalue weighted by Crippen LogP contribution is 2.56. The van der Waals surface area contributed by atoms with Crippen LogP contribution in [0.1, 0.15) is 69.2 Å². The Morgan fingerprint density at radius 1 is 0.833 bits per heavy atom. The lowest BCUT2D eigenvalue weighted by Crippen LogP contribution is -2.75. The van der Waals surface area contributed by atoms with Crippen LogP contribution in [0.4, 0.5) is 0 Å². The van der Waals surface area contributed by atoms with Gasteiger partial charge >= 0.3 is 0 Å². The van der Waals surface area contributed by atoms with Gasteiger partial charge in [0.25, 0.3) is 0 Å². The smallest absolute Gasteiger partial charge is 0.0714 e. The number of hydrogen-bond acceptors (Lipinski definition) is 2. The number of ether oxygens (including phenoxy) is 1. The molecule has 0 atom stereocenters. The summed E-state index contributed by atoms with van der Waals surface area (Å²) in [6.45, 7) is 22.4. The van der Waals surface area contributed by atoms with Crippen LogP contribution in [-0.2, 0) is 4.74 Å². The molecule has 18 heavy (non-hydrogen) atoms. The molecule has 1 rings (SSSR count). The average Bonchev–Trinajstić information content (AvgIpc) is 2.07. The summed E-state index contributed by atoms with van der Waals surface area (Å²) >= 11 is 0. The fourth-order valence-electron chi connectivity index (χ4n) is 3.59. The van der Waals surface area contributed by atoms with Crippen molar-refractivity contribution in [2.75, 3.05) is 0 Å². The molecule has 2 heteroatoms. The van der Waals surface area contributed by atoms with Crippen LogP contribution in [0.15, 0.2) is 0 Å². The Morgan fingerprint density at radius 2 is 1.22 bits per heavy atom. The molecule has 0 heterocycles. The molecule has 0 aromatic heterocycles.